The minimum absolute atomic E-state index is 0.0877. The van der Waals surface area contributed by atoms with E-state index in [-0.39, 0.29) is 24.4 Å². The number of ether oxygens (including phenoxy) is 3. The van der Waals surface area contributed by atoms with Crippen LogP contribution in [0.4, 0.5) is 20.4 Å². The third kappa shape index (κ3) is 9.97. The lowest BCUT2D eigenvalue weighted by atomic mass is 9.95. The highest BCUT2D eigenvalue weighted by Gasteiger charge is 2.25. The van der Waals surface area contributed by atoms with Crippen molar-refractivity contribution in [2.45, 2.75) is 6.54 Å². The summed E-state index contributed by atoms with van der Waals surface area (Å²) in [6.45, 7) is 8.85. The molecule has 1 aromatic heterocycles. The number of halogens is 3. The fraction of sp³-hybridized carbons (Fsp3) is 0.278. The molecule has 256 valence electrons. The first-order valence-corrected chi connectivity index (χ1v) is 16.1. The van der Waals surface area contributed by atoms with E-state index in [0.717, 1.165) is 23.5 Å². The number of nitrogens with one attached hydrogen (secondary N) is 3. The van der Waals surface area contributed by atoms with Crippen LogP contribution in [0, 0.1) is 11.6 Å². The van der Waals surface area contributed by atoms with Gasteiger partial charge in [-0.15, -0.1) is 0 Å². The third-order valence-corrected chi connectivity index (χ3v) is 7.68. The van der Waals surface area contributed by atoms with Crippen LogP contribution in [-0.2, 0) is 25.5 Å². The molecule has 3 N–H and O–H groups in total. The molecule has 49 heavy (non-hydrogen) atoms. The van der Waals surface area contributed by atoms with Crippen LogP contribution < -0.4 is 16.0 Å². The number of benzene rings is 3. The van der Waals surface area contributed by atoms with Crippen molar-refractivity contribution in [2.24, 2.45) is 4.99 Å². The highest BCUT2D eigenvalue weighted by Crippen LogP contribution is 2.34. The first-order chi connectivity index (χ1) is 23.9. The molecular weight excluding hydrogens is 654 g/mol. The number of hydrogen-bond donors (Lipinski definition) is 3. The highest BCUT2D eigenvalue weighted by atomic mass is 35.5. The van der Waals surface area contributed by atoms with Gasteiger partial charge in [-0.2, -0.15) is 0 Å². The maximum atomic E-state index is 14.8. The van der Waals surface area contributed by atoms with Gasteiger partial charge in [0.15, 0.2) is 0 Å². The van der Waals surface area contributed by atoms with Crippen LogP contribution in [0.15, 0.2) is 78.4 Å². The number of anilines is 2. The fourth-order valence-corrected chi connectivity index (χ4v) is 5.22. The van der Waals surface area contributed by atoms with Crippen molar-refractivity contribution in [2.75, 3.05) is 64.6 Å². The van der Waals surface area contributed by atoms with E-state index in [2.05, 4.69) is 32.5 Å². The zero-order valence-electron chi connectivity index (χ0n) is 26.8. The summed E-state index contributed by atoms with van der Waals surface area (Å²) in [4.78, 5) is 24.0. The maximum Gasteiger partial charge on any atom is 0.227 e. The SMILES string of the molecule is C=C(NCCNCCOCCOCCOCC=O)c1ccc(Nc2ncc3c(n2)-c2ccc(Cl)cc2C(c2c(F)cccc2F)=NC3)cc1. The first-order valence-electron chi connectivity index (χ1n) is 15.8. The Kier molecular flexibility index (Phi) is 13.3. The molecule has 0 saturated carbocycles. The molecule has 0 saturated heterocycles. The smallest absolute Gasteiger partial charge is 0.227 e. The molecular formula is C36H37ClF2N6O4. The summed E-state index contributed by atoms with van der Waals surface area (Å²) in [5.74, 6) is -1.06. The fourth-order valence-electron chi connectivity index (χ4n) is 5.05. The second-order valence-electron chi connectivity index (χ2n) is 10.8. The van der Waals surface area contributed by atoms with Gasteiger partial charge in [0.05, 0.1) is 56.5 Å². The Hall–Kier alpha value is -4.59. The van der Waals surface area contributed by atoms with Gasteiger partial charge in [0.2, 0.25) is 5.95 Å². The van der Waals surface area contributed by atoms with E-state index in [1.807, 2.05) is 24.3 Å². The van der Waals surface area contributed by atoms with Crippen molar-refractivity contribution in [3.05, 3.63) is 112 Å². The summed E-state index contributed by atoms with van der Waals surface area (Å²) >= 11 is 6.33. The summed E-state index contributed by atoms with van der Waals surface area (Å²) in [6, 6.07) is 16.6. The minimum atomic E-state index is -0.710. The monoisotopic (exact) mass is 690 g/mol. The molecule has 3 aromatic carbocycles. The molecule has 0 amide bonds. The summed E-state index contributed by atoms with van der Waals surface area (Å²) in [6.07, 6.45) is 2.38. The van der Waals surface area contributed by atoms with E-state index in [1.165, 1.54) is 18.2 Å². The van der Waals surface area contributed by atoms with Gasteiger partial charge in [-0.1, -0.05) is 42.4 Å². The van der Waals surface area contributed by atoms with E-state index in [4.69, 9.17) is 30.8 Å². The summed E-state index contributed by atoms with van der Waals surface area (Å²) in [5.41, 5.74) is 4.88. The van der Waals surface area contributed by atoms with Gasteiger partial charge < -0.3 is 35.0 Å². The number of carbonyl (C=O) groups excluding carboxylic acids is 1. The van der Waals surface area contributed by atoms with Gasteiger partial charge in [-0.25, -0.2) is 18.7 Å². The number of nitrogens with zero attached hydrogens (tertiary/aromatic N) is 3. The zero-order valence-corrected chi connectivity index (χ0v) is 27.6. The lowest BCUT2D eigenvalue weighted by molar-refractivity contribution is -0.112. The molecule has 0 atom stereocenters. The summed E-state index contributed by atoms with van der Waals surface area (Å²) in [7, 11) is 0. The van der Waals surface area contributed by atoms with Crippen molar-refractivity contribution in [3.63, 3.8) is 0 Å². The molecule has 4 aromatic rings. The number of rotatable bonds is 19. The van der Waals surface area contributed by atoms with Crippen molar-refractivity contribution < 1.29 is 27.8 Å². The number of carbonyl (C=O) groups is 1. The molecule has 10 nitrogen and oxygen atoms in total. The molecule has 0 bridgehead atoms. The molecule has 0 radical (unpaired) electrons. The molecule has 0 unspecified atom stereocenters. The number of hydrogen-bond acceptors (Lipinski definition) is 10. The van der Waals surface area contributed by atoms with E-state index < -0.39 is 11.6 Å². The maximum absolute atomic E-state index is 14.8. The van der Waals surface area contributed by atoms with Crippen molar-refractivity contribution in [3.8, 4) is 11.3 Å². The van der Waals surface area contributed by atoms with Crippen LogP contribution in [0.1, 0.15) is 22.3 Å². The van der Waals surface area contributed by atoms with Gasteiger partial charge in [0, 0.05) is 58.9 Å². The van der Waals surface area contributed by atoms with E-state index >= 15 is 0 Å². The van der Waals surface area contributed by atoms with Crippen LogP contribution in [0.5, 0.6) is 0 Å². The van der Waals surface area contributed by atoms with E-state index in [1.54, 1.807) is 24.4 Å². The summed E-state index contributed by atoms with van der Waals surface area (Å²) in [5, 5.41) is 10.3. The topological polar surface area (TPSA) is 119 Å². The number of aldehydes is 1. The van der Waals surface area contributed by atoms with Gasteiger partial charge in [-0.05, 0) is 42.0 Å². The average molecular weight is 691 g/mol. The summed E-state index contributed by atoms with van der Waals surface area (Å²) < 4.78 is 45.6. The molecule has 0 spiro atoms. The van der Waals surface area contributed by atoms with E-state index in [9.17, 15) is 13.6 Å². The Morgan fingerprint density at radius 1 is 0.898 bits per heavy atom. The lowest BCUT2D eigenvalue weighted by Gasteiger charge is -2.14. The zero-order chi connectivity index (χ0) is 34.4. The van der Waals surface area contributed by atoms with E-state index in [0.29, 0.717) is 85.8 Å². The number of fused-ring (bicyclic) bond motifs is 3. The molecule has 13 heteroatoms. The third-order valence-electron chi connectivity index (χ3n) is 7.45. The Morgan fingerprint density at radius 3 is 2.39 bits per heavy atom. The Labute approximate surface area is 288 Å². The number of aliphatic imine (C=N–C) groups is 1. The Bertz CT molecular complexity index is 1750. The first kappa shape index (κ1) is 35.7. The molecule has 0 aliphatic carbocycles. The van der Waals surface area contributed by atoms with Crippen LogP contribution in [0.25, 0.3) is 17.0 Å². The van der Waals surface area contributed by atoms with Crippen molar-refractivity contribution in [1.82, 2.24) is 20.6 Å². The Morgan fingerprint density at radius 2 is 1.63 bits per heavy atom. The Balaban J connectivity index is 1.11. The van der Waals surface area contributed by atoms with Crippen molar-refractivity contribution in [1.29, 1.82) is 0 Å². The highest BCUT2D eigenvalue weighted by molar-refractivity contribution is 6.31. The largest absolute Gasteiger partial charge is 0.384 e. The average Bonchev–Trinajstić information content (AvgIpc) is 3.25. The van der Waals surface area contributed by atoms with Gasteiger partial charge in [0.1, 0.15) is 24.5 Å². The van der Waals surface area contributed by atoms with Crippen LogP contribution in [-0.4, -0.2) is 81.2 Å². The number of aromatic nitrogens is 2. The predicted octanol–water partition coefficient (Wildman–Crippen LogP) is 5.57. The van der Waals surface area contributed by atoms with Crippen LogP contribution in [0.2, 0.25) is 5.02 Å². The minimum Gasteiger partial charge on any atom is -0.384 e. The standard InChI is InChI=1S/C36H37ClF2N6O4/c1-24(41-12-11-40-13-15-47-17-19-49-20-18-48-16-14-46)25-5-8-28(9-6-25)44-36-43-23-26-22-42-35(33-31(38)3-2-4-32(33)39)30-21-27(37)7-10-29(30)34(26)45-36/h2-10,14,21,23,40-41H,1,11-13,15-20,22H2,(H,43,44,45). The normalized spacial score (nSPS) is 12.0. The van der Waals surface area contributed by atoms with Crippen molar-refractivity contribution >= 4 is 40.9 Å². The second kappa shape index (κ2) is 18.2. The predicted molar refractivity (Wildman–Crippen MR) is 186 cm³/mol. The second-order valence-corrected chi connectivity index (χ2v) is 11.3. The van der Waals surface area contributed by atoms with Gasteiger partial charge >= 0.3 is 0 Å². The quantitative estimate of drug-likeness (QED) is 0.0858. The van der Waals surface area contributed by atoms with Crippen LogP contribution in [0.3, 0.4) is 0 Å². The van der Waals surface area contributed by atoms with Gasteiger partial charge in [0.25, 0.3) is 0 Å². The molecule has 5 rings (SSSR count). The molecule has 2 heterocycles. The van der Waals surface area contributed by atoms with Crippen LogP contribution >= 0.6 is 11.6 Å². The molecule has 1 aliphatic heterocycles. The van der Waals surface area contributed by atoms with Gasteiger partial charge in [-0.3, -0.25) is 4.99 Å². The molecule has 0 fully saturated rings. The molecule has 1 aliphatic rings. The lowest BCUT2D eigenvalue weighted by Crippen LogP contribution is -2.29.